The molecule has 1 saturated heterocycles. The van der Waals surface area contributed by atoms with Gasteiger partial charge in [0.25, 0.3) is 0 Å². The molecule has 0 aliphatic carbocycles. The summed E-state index contributed by atoms with van der Waals surface area (Å²) in [5.41, 5.74) is 0. The molecule has 0 saturated carbocycles. The van der Waals surface area contributed by atoms with Crippen LogP contribution in [0.25, 0.3) is 0 Å². The molecule has 0 bridgehead atoms. The molecular formula is C14H34N6. The van der Waals surface area contributed by atoms with Crippen molar-refractivity contribution in [2.45, 2.75) is 26.7 Å². The van der Waals surface area contributed by atoms with Gasteiger partial charge in [0, 0.05) is 26.7 Å². The Morgan fingerprint density at radius 1 is 0.600 bits per heavy atom. The quantitative estimate of drug-likeness (QED) is 0.555. The first-order valence-electron chi connectivity index (χ1n) is 8.14. The summed E-state index contributed by atoms with van der Waals surface area (Å²) in [5.74, 6) is 0. The average Bonchev–Trinajstić information content (AvgIpc) is 2.47. The minimum absolute atomic E-state index is 0.975. The molecule has 1 fully saturated rings. The highest BCUT2D eigenvalue weighted by molar-refractivity contribution is 4.59. The summed E-state index contributed by atoms with van der Waals surface area (Å²) in [4.78, 5) is 4.79. The van der Waals surface area contributed by atoms with Gasteiger partial charge in [-0.05, 0) is 52.1 Å². The first kappa shape index (κ1) is 17.8. The number of hydrogen-bond donors (Lipinski definition) is 4. The fourth-order valence-corrected chi connectivity index (χ4v) is 2.18. The molecular weight excluding hydrogens is 252 g/mol. The van der Waals surface area contributed by atoms with Crippen LogP contribution in [0.3, 0.4) is 0 Å². The van der Waals surface area contributed by atoms with Crippen molar-refractivity contribution in [2.24, 2.45) is 0 Å². The molecule has 0 spiro atoms. The van der Waals surface area contributed by atoms with Crippen molar-refractivity contribution < 1.29 is 0 Å². The fraction of sp³-hybridized carbons (Fsp3) is 1.00. The van der Waals surface area contributed by atoms with Crippen LogP contribution in [0.1, 0.15) is 26.7 Å². The van der Waals surface area contributed by atoms with E-state index in [4.69, 9.17) is 0 Å². The Bertz CT molecular complexity index is 176. The van der Waals surface area contributed by atoms with Crippen LogP contribution in [0.15, 0.2) is 0 Å². The Kier molecular flexibility index (Phi) is 11.1. The lowest BCUT2D eigenvalue weighted by Crippen LogP contribution is -2.43. The lowest BCUT2D eigenvalue weighted by Gasteiger charge is -2.23. The third-order valence-corrected chi connectivity index (χ3v) is 3.65. The topological polar surface area (TPSA) is 54.6 Å². The van der Waals surface area contributed by atoms with Crippen molar-refractivity contribution in [3.63, 3.8) is 0 Å². The molecule has 1 aliphatic rings. The number of rotatable bonds is 2. The van der Waals surface area contributed by atoms with E-state index in [9.17, 15) is 0 Å². The van der Waals surface area contributed by atoms with Crippen molar-refractivity contribution in [3.05, 3.63) is 0 Å². The van der Waals surface area contributed by atoms with Crippen LogP contribution < -0.4 is 21.3 Å². The minimum atomic E-state index is 0.975. The van der Waals surface area contributed by atoms with Crippen molar-refractivity contribution in [2.75, 3.05) is 65.9 Å². The van der Waals surface area contributed by atoms with Gasteiger partial charge in [-0.3, -0.25) is 9.80 Å². The highest BCUT2D eigenvalue weighted by Crippen LogP contribution is 1.86. The van der Waals surface area contributed by atoms with E-state index in [2.05, 4.69) is 44.9 Å². The van der Waals surface area contributed by atoms with Gasteiger partial charge in [-0.15, -0.1) is 0 Å². The van der Waals surface area contributed by atoms with Gasteiger partial charge >= 0.3 is 0 Å². The number of hydrogen-bond acceptors (Lipinski definition) is 6. The summed E-state index contributed by atoms with van der Waals surface area (Å²) >= 11 is 0. The van der Waals surface area contributed by atoms with Crippen LogP contribution in [0.4, 0.5) is 0 Å². The predicted molar refractivity (Wildman–Crippen MR) is 85.5 cm³/mol. The van der Waals surface area contributed by atoms with Gasteiger partial charge in [0.1, 0.15) is 0 Å². The maximum atomic E-state index is 3.51. The predicted octanol–water partition coefficient (Wildman–Crippen LogP) is -0.388. The van der Waals surface area contributed by atoms with Crippen molar-refractivity contribution >= 4 is 0 Å². The van der Waals surface area contributed by atoms with Gasteiger partial charge in [0.05, 0.1) is 0 Å². The van der Waals surface area contributed by atoms with Crippen molar-refractivity contribution in [3.8, 4) is 0 Å². The monoisotopic (exact) mass is 286 g/mol. The zero-order valence-electron chi connectivity index (χ0n) is 13.4. The highest BCUT2D eigenvalue weighted by Gasteiger charge is 2.03. The fourth-order valence-electron chi connectivity index (χ4n) is 2.18. The maximum Gasteiger partial charge on any atom is 0.0492 e. The second-order valence-corrected chi connectivity index (χ2v) is 5.31. The van der Waals surface area contributed by atoms with Crippen LogP contribution in [0.5, 0.6) is 0 Å². The van der Waals surface area contributed by atoms with Crippen LogP contribution in [-0.4, -0.2) is 75.7 Å². The van der Waals surface area contributed by atoms with E-state index in [0.29, 0.717) is 0 Å². The smallest absolute Gasteiger partial charge is 0.0492 e. The average molecular weight is 286 g/mol. The highest BCUT2D eigenvalue weighted by atomic mass is 15.3. The van der Waals surface area contributed by atoms with E-state index in [-0.39, 0.29) is 0 Å². The van der Waals surface area contributed by atoms with Crippen LogP contribution in [0, 0.1) is 0 Å². The van der Waals surface area contributed by atoms with E-state index < -0.39 is 0 Å². The van der Waals surface area contributed by atoms with Gasteiger partial charge < -0.3 is 21.3 Å². The lowest BCUT2D eigenvalue weighted by atomic mass is 10.4. The molecule has 0 amide bonds. The third-order valence-electron chi connectivity index (χ3n) is 3.65. The third kappa shape index (κ3) is 8.84. The molecule has 20 heavy (non-hydrogen) atoms. The van der Waals surface area contributed by atoms with Gasteiger partial charge in [-0.1, -0.05) is 13.8 Å². The molecule has 0 aromatic carbocycles. The Morgan fingerprint density at radius 3 is 1.15 bits per heavy atom. The zero-order valence-corrected chi connectivity index (χ0v) is 13.4. The molecule has 1 heterocycles. The first-order valence-corrected chi connectivity index (χ1v) is 8.14. The molecule has 0 atom stereocenters. The summed E-state index contributed by atoms with van der Waals surface area (Å²) in [5, 5.41) is 14.1. The normalized spacial score (nSPS) is 23.7. The van der Waals surface area contributed by atoms with Gasteiger partial charge in [0.2, 0.25) is 0 Å². The molecule has 6 heteroatoms. The summed E-state index contributed by atoms with van der Waals surface area (Å²) in [6.07, 6.45) is 2.35. The van der Waals surface area contributed by atoms with E-state index in [0.717, 1.165) is 65.9 Å². The Balaban J connectivity index is 2.25. The maximum absolute atomic E-state index is 3.51. The molecule has 0 unspecified atom stereocenters. The zero-order chi connectivity index (χ0) is 14.5. The number of nitrogens with one attached hydrogen (secondary N) is 4. The van der Waals surface area contributed by atoms with E-state index in [1.54, 1.807) is 0 Å². The molecule has 4 N–H and O–H groups in total. The molecule has 0 radical (unpaired) electrons. The summed E-state index contributed by atoms with van der Waals surface area (Å²) in [6, 6.07) is 0. The molecule has 6 nitrogen and oxygen atoms in total. The van der Waals surface area contributed by atoms with Gasteiger partial charge in [-0.25, -0.2) is 0 Å². The molecule has 0 aromatic rings. The second-order valence-electron chi connectivity index (χ2n) is 5.31. The molecule has 120 valence electrons. The van der Waals surface area contributed by atoms with Gasteiger partial charge in [0.15, 0.2) is 0 Å². The standard InChI is InChI=1S/C14H34N6/c1-3-19-11-15-7-5-9-17-13-20(4-2)14-18-10-6-8-16-12-19/h15-18H,3-14H2,1-2H3. The summed E-state index contributed by atoms with van der Waals surface area (Å²) in [6.45, 7) is 14.8. The van der Waals surface area contributed by atoms with Crippen LogP contribution >= 0.6 is 0 Å². The largest absolute Gasteiger partial charge is 0.304 e. The van der Waals surface area contributed by atoms with Gasteiger partial charge in [-0.2, -0.15) is 0 Å². The molecule has 1 rings (SSSR count). The number of nitrogens with zero attached hydrogens (tertiary/aromatic N) is 2. The Hall–Kier alpha value is -0.240. The molecule has 1 aliphatic heterocycles. The Morgan fingerprint density at radius 2 is 0.900 bits per heavy atom. The summed E-state index contributed by atoms with van der Waals surface area (Å²) < 4.78 is 0. The van der Waals surface area contributed by atoms with Crippen molar-refractivity contribution in [1.29, 1.82) is 0 Å². The van der Waals surface area contributed by atoms with Crippen LogP contribution in [0.2, 0.25) is 0 Å². The Labute approximate surface area is 124 Å². The minimum Gasteiger partial charge on any atom is -0.304 e. The second kappa shape index (κ2) is 12.5. The van der Waals surface area contributed by atoms with E-state index in [1.165, 1.54) is 12.8 Å². The first-order chi connectivity index (χ1) is 9.86. The summed E-state index contributed by atoms with van der Waals surface area (Å²) in [7, 11) is 0. The van der Waals surface area contributed by atoms with Crippen molar-refractivity contribution in [1.82, 2.24) is 31.1 Å². The lowest BCUT2D eigenvalue weighted by molar-refractivity contribution is 0.232. The van der Waals surface area contributed by atoms with Crippen LogP contribution in [-0.2, 0) is 0 Å². The van der Waals surface area contributed by atoms with E-state index >= 15 is 0 Å². The SMILES string of the molecule is CCN1CNCCCNCN(CC)CNCCCNC1. The molecule has 0 aromatic heterocycles. The van der Waals surface area contributed by atoms with E-state index in [1.807, 2.05) is 0 Å².